The minimum atomic E-state index is -2.09. The fraction of sp³-hybridized carbons (Fsp3) is 0.333. The minimum absolute atomic E-state index is 0.193. The van der Waals surface area contributed by atoms with Gasteiger partial charge in [0.1, 0.15) is 5.66 Å². The lowest BCUT2D eigenvalue weighted by Crippen LogP contribution is -2.89. The first-order valence-electron chi connectivity index (χ1n) is 16.8. The van der Waals surface area contributed by atoms with Crippen LogP contribution in [0.2, 0.25) is 0 Å². The first-order valence-corrected chi connectivity index (χ1v) is 18.4. The van der Waals surface area contributed by atoms with Crippen LogP contribution in [0.5, 0.6) is 0 Å². The SMILES string of the molecule is CCCC(CC)N1C(=O)c2ccc3c4c(Br)cc5c6c(ccc(c7c(Br)cc(c2c37)C1=O)c64)C(=O)N(C(CC)NC(N)(N)C(N)(N)C(N)N)C5=O. The molecule has 2 aliphatic rings. The van der Waals surface area contributed by atoms with Crippen LogP contribution in [0.25, 0.3) is 43.1 Å². The van der Waals surface area contributed by atoms with Gasteiger partial charge in [-0.15, -0.1) is 0 Å². The van der Waals surface area contributed by atoms with Gasteiger partial charge in [-0.1, -0.05) is 71.2 Å². The molecule has 7 rings (SSSR count). The molecule has 5 aromatic carbocycles. The molecule has 2 aliphatic heterocycles. The number of carbonyl (C=O) groups excluding carboxylic acids is 4. The molecule has 5 aromatic rings. The Bertz CT molecular complexity index is 2360. The molecule has 0 bridgehead atoms. The molecular weight excluding hydrogens is 782 g/mol. The maximum atomic E-state index is 14.4. The van der Waals surface area contributed by atoms with Crippen molar-refractivity contribution in [3.63, 3.8) is 0 Å². The lowest BCUT2D eigenvalue weighted by atomic mass is 9.82. The van der Waals surface area contributed by atoms with E-state index in [-0.39, 0.29) is 35.4 Å². The fourth-order valence-corrected chi connectivity index (χ4v) is 9.18. The summed E-state index contributed by atoms with van der Waals surface area (Å²) >= 11 is 7.52. The van der Waals surface area contributed by atoms with Gasteiger partial charge < -0.3 is 22.9 Å². The Labute approximate surface area is 309 Å². The topological polar surface area (TPSA) is 243 Å². The zero-order valence-corrected chi connectivity index (χ0v) is 31.4. The number of nitrogens with two attached hydrogens (primary N) is 6. The average molecular weight is 822 g/mol. The molecule has 0 radical (unpaired) electrons. The molecule has 0 aromatic heterocycles. The van der Waals surface area contributed by atoms with Crippen LogP contribution >= 0.6 is 31.9 Å². The molecule has 2 unspecified atom stereocenters. The van der Waals surface area contributed by atoms with Crippen LogP contribution in [0.4, 0.5) is 0 Å². The molecule has 0 fully saturated rings. The number of nitrogens with one attached hydrogen (secondary N) is 1. The molecule has 2 heterocycles. The van der Waals surface area contributed by atoms with Crippen molar-refractivity contribution in [1.82, 2.24) is 15.1 Å². The highest BCUT2D eigenvalue weighted by Gasteiger charge is 2.48. The number of imide groups is 2. The van der Waals surface area contributed by atoms with Gasteiger partial charge in [0.05, 0.1) is 12.3 Å². The molecule has 266 valence electrons. The van der Waals surface area contributed by atoms with E-state index < -0.39 is 35.6 Å². The predicted molar refractivity (Wildman–Crippen MR) is 205 cm³/mol. The largest absolute Gasteiger partial charge is 0.313 e. The van der Waals surface area contributed by atoms with Crippen molar-refractivity contribution in [2.45, 2.75) is 76.3 Å². The Morgan fingerprint density at radius 2 is 1.10 bits per heavy atom. The van der Waals surface area contributed by atoms with E-state index in [2.05, 4.69) is 37.2 Å². The number of amides is 4. The third-order valence-corrected chi connectivity index (χ3v) is 11.9. The van der Waals surface area contributed by atoms with E-state index in [1.54, 1.807) is 31.2 Å². The molecule has 13 N–H and O–H groups in total. The van der Waals surface area contributed by atoms with Crippen LogP contribution in [0.15, 0.2) is 45.3 Å². The highest BCUT2D eigenvalue weighted by Crippen LogP contribution is 2.50. The standard InChI is InChI=1S/C36H39Br2N9O4/c1-4-7-14(5-2)46-30(48)17-10-8-15-27-22(38)13-20-25-18(11-9-16(29(25)27)26-21(37)12-19(32(46)50)24(17)28(15)26)31(49)47(33(20)51)23(6-3)45-36(43,44)35(41,42)34(39)40/h8-14,23,34,45H,4-7,39-44H2,1-3H3. The van der Waals surface area contributed by atoms with E-state index in [0.717, 1.165) is 38.3 Å². The lowest BCUT2D eigenvalue weighted by molar-refractivity contribution is 0.0386. The molecule has 0 saturated heterocycles. The number of carbonyl (C=O) groups is 4. The van der Waals surface area contributed by atoms with Gasteiger partial charge in [0, 0.05) is 69.6 Å². The molecule has 4 amide bonds. The Morgan fingerprint density at radius 1 is 0.647 bits per heavy atom. The highest BCUT2D eigenvalue weighted by atomic mass is 79.9. The number of hydrogen-bond donors (Lipinski definition) is 7. The maximum absolute atomic E-state index is 14.4. The van der Waals surface area contributed by atoms with Crippen LogP contribution in [0, 0.1) is 0 Å². The minimum Gasteiger partial charge on any atom is -0.313 e. The van der Waals surface area contributed by atoms with Crippen molar-refractivity contribution in [3.05, 3.63) is 67.6 Å². The quantitative estimate of drug-likeness (QED) is 0.0463. The molecular formula is C36H39Br2N9O4. The average Bonchev–Trinajstić information content (AvgIpc) is 3.08. The van der Waals surface area contributed by atoms with Crippen molar-refractivity contribution in [2.75, 3.05) is 0 Å². The van der Waals surface area contributed by atoms with Crippen LogP contribution in [-0.2, 0) is 0 Å². The molecule has 0 spiro atoms. The third-order valence-electron chi connectivity index (χ3n) is 10.6. The van der Waals surface area contributed by atoms with Gasteiger partial charge in [0.15, 0.2) is 5.79 Å². The summed E-state index contributed by atoms with van der Waals surface area (Å²) in [6.07, 6.45) is 0.0179. The molecule has 0 aliphatic carbocycles. The Balaban J connectivity index is 1.46. The Hall–Kier alpha value is -3.64. The number of fused-ring (bicyclic) bond motifs is 2. The van der Waals surface area contributed by atoms with Gasteiger partial charge in [0.2, 0.25) is 0 Å². The highest BCUT2D eigenvalue weighted by molar-refractivity contribution is 9.11. The van der Waals surface area contributed by atoms with Crippen molar-refractivity contribution < 1.29 is 19.2 Å². The molecule has 51 heavy (non-hydrogen) atoms. The zero-order valence-electron chi connectivity index (χ0n) is 28.3. The van der Waals surface area contributed by atoms with Crippen LogP contribution in [0.1, 0.15) is 87.9 Å². The summed E-state index contributed by atoms with van der Waals surface area (Å²) in [5.74, 6) is -3.89. The fourth-order valence-electron chi connectivity index (χ4n) is 7.90. The van der Waals surface area contributed by atoms with E-state index in [1.807, 2.05) is 26.0 Å². The van der Waals surface area contributed by atoms with Crippen molar-refractivity contribution >= 4 is 98.6 Å². The van der Waals surface area contributed by atoms with Crippen molar-refractivity contribution in [2.24, 2.45) is 34.4 Å². The smallest absolute Gasteiger partial charge is 0.262 e. The van der Waals surface area contributed by atoms with Gasteiger partial charge in [-0.25, -0.2) is 0 Å². The second kappa shape index (κ2) is 12.2. The summed E-state index contributed by atoms with van der Waals surface area (Å²) < 4.78 is 1.23. The summed E-state index contributed by atoms with van der Waals surface area (Å²) in [5.41, 5.74) is 35.7. The van der Waals surface area contributed by atoms with Crippen molar-refractivity contribution in [3.8, 4) is 0 Å². The van der Waals surface area contributed by atoms with Gasteiger partial charge >= 0.3 is 0 Å². The van der Waals surface area contributed by atoms with E-state index >= 15 is 0 Å². The third kappa shape index (κ3) is 4.84. The summed E-state index contributed by atoms with van der Waals surface area (Å²) in [5, 5.41) is 8.35. The van der Waals surface area contributed by atoms with E-state index in [4.69, 9.17) is 34.4 Å². The second-order valence-electron chi connectivity index (χ2n) is 13.6. The Kier molecular flexibility index (Phi) is 8.56. The van der Waals surface area contributed by atoms with Crippen LogP contribution < -0.4 is 39.7 Å². The summed E-state index contributed by atoms with van der Waals surface area (Å²) in [6.45, 7) is 5.76. The molecule has 13 nitrogen and oxygen atoms in total. The van der Waals surface area contributed by atoms with Gasteiger partial charge in [-0.05, 0) is 54.3 Å². The molecule has 0 saturated carbocycles. The van der Waals surface area contributed by atoms with E-state index in [0.29, 0.717) is 49.1 Å². The monoisotopic (exact) mass is 819 g/mol. The zero-order chi connectivity index (χ0) is 37.1. The number of benzene rings is 5. The van der Waals surface area contributed by atoms with Crippen molar-refractivity contribution in [1.29, 1.82) is 0 Å². The second-order valence-corrected chi connectivity index (χ2v) is 15.3. The summed E-state index contributed by atoms with van der Waals surface area (Å²) in [4.78, 5) is 59.4. The Morgan fingerprint density at radius 3 is 1.53 bits per heavy atom. The lowest BCUT2D eigenvalue weighted by Gasteiger charge is -2.46. The maximum Gasteiger partial charge on any atom is 0.262 e. The summed E-state index contributed by atoms with van der Waals surface area (Å²) in [7, 11) is 0. The number of hydrogen-bond acceptors (Lipinski definition) is 11. The van der Waals surface area contributed by atoms with E-state index in [9.17, 15) is 19.2 Å². The van der Waals surface area contributed by atoms with E-state index in [1.165, 1.54) is 4.90 Å². The van der Waals surface area contributed by atoms with Gasteiger partial charge in [0.25, 0.3) is 23.6 Å². The predicted octanol–water partition coefficient (Wildman–Crippen LogP) is 3.79. The van der Waals surface area contributed by atoms with Crippen LogP contribution in [-0.4, -0.2) is 63.3 Å². The summed E-state index contributed by atoms with van der Waals surface area (Å²) in [6, 6.07) is 10.4. The number of rotatable bonds is 10. The first kappa shape index (κ1) is 35.7. The van der Waals surface area contributed by atoms with Gasteiger partial charge in [-0.3, -0.25) is 45.8 Å². The first-order chi connectivity index (χ1) is 24.0. The van der Waals surface area contributed by atoms with Crippen LogP contribution in [0.3, 0.4) is 0 Å². The number of nitrogens with zero attached hydrogens (tertiary/aromatic N) is 2. The molecule has 2 atom stereocenters. The van der Waals surface area contributed by atoms with Gasteiger partial charge in [-0.2, -0.15) is 0 Å². The molecule has 15 heteroatoms. The number of halogens is 2. The normalized spacial score (nSPS) is 16.6.